The summed E-state index contributed by atoms with van der Waals surface area (Å²) in [7, 11) is 0. The zero-order valence-electron chi connectivity index (χ0n) is 13.8. The molecule has 3 fully saturated rings. The van der Waals surface area contributed by atoms with E-state index in [0.29, 0.717) is 0 Å². The Bertz CT molecular complexity index is 246. The average molecular weight is 280 g/mol. The van der Waals surface area contributed by atoms with Crippen molar-refractivity contribution >= 4 is 0 Å². The van der Waals surface area contributed by atoms with Gasteiger partial charge in [0.05, 0.1) is 0 Å². The first-order chi connectivity index (χ1) is 9.78. The second kappa shape index (κ2) is 8.38. The zero-order valence-corrected chi connectivity index (χ0v) is 13.8. The van der Waals surface area contributed by atoms with Crippen molar-refractivity contribution in [1.82, 2.24) is 10.6 Å². The van der Waals surface area contributed by atoms with Gasteiger partial charge < -0.3 is 10.6 Å². The summed E-state index contributed by atoms with van der Waals surface area (Å²) >= 11 is 0. The van der Waals surface area contributed by atoms with Crippen LogP contribution in [0, 0.1) is 17.3 Å². The standard InChI is InChI=1S/C9H17N.C9H19N/c1-2-10-7-8-5-9(6-8)3-4-9;1-2-10-8-9-6-4-3-5-7-9/h8,10H,2-7H2,1H3;9-10H,2-8H2,1H3. The molecule has 3 aliphatic rings. The van der Waals surface area contributed by atoms with Gasteiger partial charge >= 0.3 is 0 Å². The van der Waals surface area contributed by atoms with Crippen LogP contribution in [-0.4, -0.2) is 26.2 Å². The Labute approximate surface area is 126 Å². The molecule has 3 saturated carbocycles. The number of hydrogen-bond donors (Lipinski definition) is 2. The normalized spacial score (nSPS) is 24.9. The van der Waals surface area contributed by atoms with E-state index in [4.69, 9.17) is 0 Å². The van der Waals surface area contributed by atoms with E-state index in [1.165, 1.54) is 70.9 Å². The maximum atomic E-state index is 3.42. The van der Waals surface area contributed by atoms with Gasteiger partial charge in [-0.3, -0.25) is 0 Å². The van der Waals surface area contributed by atoms with Crippen molar-refractivity contribution in [2.45, 2.75) is 71.6 Å². The monoisotopic (exact) mass is 280 g/mol. The fraction of sp³-hybridized carbons (Fsp3) is 1.00. The number of nitrogens with one attached hydrogen (secondary N) is 2. The van der Waals surface area contributed by atoms with Crippen LogP contribution in [0.2, 0.25) is 0 Å². The van der Waals surface area contributed by atoms with Crippen molar-refractivity contribution in [3.63, 3.8) is 0 Å². The average Bonchev–Trinajstić information content (AvgIpc) is 3.24. The molecule has 20 heavy (non-hydrogen) atoms. The molecule has 0 atom stereocenters. The Kier molecular flexibility index (Phi) is 6.83. The van der Waals surface area contributed by atoms with Gasteiger partial charge in [0.2, 0.25) is 0 Å². The summed E-state index contributed by atoms with van der Waals surface area (Å²) in [5.41, 5.74) is 0.903. The van der Waals surface area contributed by atoms with Crippen molar-refractivity contribution in [2.75, 3.05) is 26.2 Å². The number of hydrogen-bond acceptors (Lipinski definition) is 2. The largest absolute Gasteiger partial charge is 0.317 e. The first-order valence-corrected chi connectivity index (χ1v) is 9.19. The highest BCUT2D eigenvalue weighted by Gasteiger charge is 2.52. The van der Waals surface area contributed by atoms with Gasteiger partial charge in [-0.2, -0.15) is 0 Å². The summed E-state index contributed by atoms with van der Waals surface area (Å²) < 4.78 is 0. The van der Waals surface area contributed by atoms with Gasteiger partial charge in [0.15, 0.2) is 0 Å². The molecule has 0 aromatic rings. The third-order valence-corrected chi connectivity index (χ3v) is 5.49. The highest BCUT2D eigenvalue weighted by atomic mass is 14.9. The summed E-state index contributed by atoms with van der Waals surface area (Å²) in [6.45, 7) is 9.18. The minimum atomic E-state index is 0.903. The fourth-order valence-electron chi connectivity index (χ4n) is 3.98. The van der Waals surface area contributed by atoms with Crippen LogP contribution >= 0.6 is 0 Å². The molecule has 1 spiro atoms. The van der Waals surface area contributed by atoms with Crippen molar-refractivity contribution in [3.05, 3.63) is 0 Å². The lowest BCUT2D eigenvalue weighted by Gasteiger charge is -2.35. The molecule has 0 bridgehead atoms. The zero-order chi connectivity index (χ0) is 14.3. The van der Waals surface area contributed by atoms with Crippen LogP contribution in [0.4, 0.5) is 0 Å². The minimum absolute atomic E-state index is 0.903. The van der Waals surface area contributed by atoms with Gasteiger partial charge in [-0.15, -0.1) is 0 Å². The first-order valence-electron chi connectivity index (χ1n) is 9.19. The molecule has 0 amide bonds. The lowest BCUT2D eigenvalue weighted by molar-refractivity contribution is 0.166. The van der Waals surface area contributed by atoms with Crippen LogP contribution in [-0.2, 0) is 0 Å². The summed E-state index contributed by atoms with van der Waals surface area (Å²) in [6.07, 6.45) is 13.5. The van der Waals surface area contributed by atoms with Crippen molar-refractivity contribution < 1.29 is 0 Å². The second-order valence-corrected chi connectivity index (χ2v) is 7.39. The Morgan fingerprint density at radius 2 is 1.35 bits per heavy atom. The Morgan fingerprint density at radius 3 is 1.85 bits per heavy atom. The second-order valence-electron chi connectivity index (χ2n) is 7.39. The molecule has 0 aromatic carbocycles. The van der Waals surface area contributed by atoms with Crippen LogP contribution in [0.1, 0.15) is 71.6 Å². The molecule has 118 valence electrons. The van der Waals surface area contributed by atoms with E-state index >= 15 is 0 Å². The van der Waals surface area contributed by atoms with Crippen LogP contribution < -0.4 is 10.6 Å². The third kappa shape index (κ3) is 5.37. The molecular weight excluding hydrogens is 244 g/mol. The Hall–Kier alpha value is -0.0800. The van der Waals surface area contributed by atoms with E-state index < -0.39 is 0 Å². The molecule has 0 radical (unpaired) electrons. The van der Waals surface area contributed by atoms with E-state index in [1.807, 2.05) is 0 Å². The van der Waals surface area contributed by atoms with Gasteiger partial charge in [-0.25, -0.2) is 0 Å². The molecule has 0 aliphatic heterocycles. The molecule has 0 heterocycles. The van der Waals surface area contributed by atoms with Crippen LogP contribution in [0.15, 0.2) is 0 Å². The maximum Gasteiger partial charge on any atom is -0.00202 e. The van der Waals surface area contributed by atoms with E-state index in [0.717, 1.165) is 30.3 Å². The van der Waals surface area contributed by atoms with Gasteiger partial charge in [0.25, 0.3) is 0 Å². The first kappa shape index (κ1) is 16.3. The van der Waals surface area contributed by atoms with Gasteiger partial charge in [0.1, 0.15) is 0 Å². The fourth-order valence-corrected chi connectivity index (χ4v) is 3.98. The lowest BCUT2D eigenvalue weighted by atomic mass is 9.72. The molecule has 2 heteroatoms. The quantitative estimate of drug-likeness (QED) is 0.769. The van der Waals surface area contributed by atoms with Crippen molar-refractivity contribution in [1.29, 1.82) is 0 Å². The van der Waals surface area contributed by atoms with E-state index in [1.54, 1.807) is 0 Å². The van der Waals surface area contributed by atoms with Crippen LogP contribution in [0.25, 0.3) is 0 Å². The predicted octanol–water partition coefficient (Wildman–Crippen LogP) is 3.96. The summed E-state index contributed by atoms with van der Waals surface area (Å²) in [5, 5.41) is 6.83. The molecule has 3 aliphatic carbocycles. The summed E-state index contributed by atoms with van der Waals surface area (Å²) in [4.78, 5) is 0. The molecular formula is C18H36N2. The molecule has 2 N–H and O–H groups in total. The molecule has 0 unspecified atom stereocenters. The van der Waals surface area contributed by atoms with E-state index in [-0.39, 0.29) is 0 Å². The summed E-state index contributed by atoms with van der Waals surface area (Å²) in [5.74, 6) is 2.02. The smallest absolute Gasteiger partial charge is 0.00202 e. The minimum Gasteiger partial charge on any atom is -0.317 e. The van der Waals surface area contributed by atoms with Gasteiger partial charge in [-0.1, -0.05) is 33.1 Å². The molecule has 2 nitrogen and oxygen atoms in total. The summed E-state index contributed by atoms with van der Waals surface area (Å²) in [6, 6.07) is 0. The lowest BCUT2D eigenvalue weighted by Crippen LogP contribution is -2.33. The predicted molar refractivity (Wildman–Crippen MR) is 88.1 cm³/mol. The SMILES string of the molecule is CCNCC1CC2(CC2)C1.CCNCC1CCCCC1. The molecule has 0 aromatic heterocycles. The molecule has 3 rings (SSSR count). The van der Waals surface area contributed by atoms with E-state index in [9.17, 15) is 0 Å². The molecule has 0 saturated heterocycles. The number of rotatable bonds is 6. The Balaban J connectivity index is 0.000000147. The topological polar surface area (TPSA) is 24.1 Å². The van der Waals surface area contributed by atoms with Crippen molar-refractivity contribution in [2.24, 2.45) is 17.3 Å². The third-order valence-electron chi connectivity index (χ3n) is 5.49. The van der Waals surface area contributed by atoms with Gasteiger partial charge in [-0.05, 0) is 82.0 Å². The highest BCUT2D eigenvalue weighted by Crippen LogP contribution is 2.63. The van der Waals surface area contributed by atoms with Crippen molar-refractivity contribution in [3.8, 4) is 0 Å². The van der Waals surface area contributed by atoms with E-state index in [2.05, 4.69) is 24.5 Å². The highest BCUT2D eigenvalue weighted by molar-refractivity contribution is 5.03. The Morgan fingerprint density at radius 1 is 0.800 bits per heavy atom. The van der Waals surface area contributed by atoms with Crippen LogP contribution in [0.5, 0.6) is 0 Å². The van der Waals surface area contributed by atoms with Gasteiger partial charge in [0, 0.05) is 0 Å². The maximum absolute atomic E-state index is 3.42. The van der Waals surface area contributed by atoms with Crippen LogP contribution in [0.3, 0.4) is 0 Å².